The molecule has 1 amide bonds. The van der Waals surface area contributed by atoms with E-state index in [0.29, 0.717) is 5.56 Å². The Kier molecular flexibility index (Phi) is 5.18. The Morgan fingerprint density at radius 2 is 1.63 bits per heavy atom. The normalized spacial score (nSPS) is 18.1. The molecule has 5 nitrogen and oxygen atoms in total. The number of hydrogen-bond acceptors (Lipinski definition) is 4. The van der Waals surface area contributed by atoms with Gasteiger partial charge < -0.3 is 10.2 Å². The van der Waals surface area contributed by atoms with Crippen molar-refractivity contribution in [1.82, 2.24) is 15.3 Å². The lowest BCUT2D eigenvalue weighted by Gasteiger charge is -2.26. The van der Waals surface area contributed by atoms with Gasteiger partial charge in [-0.3, -0.25) is 4.79 Å². The lowest BCUT2D eigenvalue weighted by molar-refractivity contribution is 0.0933. The van der Waals surface area contributed by atoms with E-state index in [4.69, 9.17) is 0 Å². The Bertz CT molecular complexity index is 1020. The molecule has 1 saturated heterocycles. The number of aryl methyl sites for hydroxylation is 1. The summed E-state index contributed by atoms with van der Waals surface area (Å²) < 4.78 is 0. The Morgan fingerprint density at radius 1 is 0.900 bits per heavy atom. The van der Waals surface area contributed by atoms with Crippen molar-refractivity contribution >= 4 is 11.9 Å². The predicted molar refractivity (Wildman–Crippen MR) is 119 cm³/mol. The molecule has 1 fully saturated rings. The van der Waals surface area contributed by atoms with Gasteiger partial charge in [0.25, 0.3) is 5.91 Å². The summed E-state index contributed by atoms with van der Waals surface area (Å²) >= 11 is 0. The quantitative estimate of drug-likeness (QED) is 0.700. The molecule has 0 bridgehead atoms. The molecule has 1 N–H and O–H groups in total. The number of hydrogen-bond donors (Lipinski definition) is 1. The van der Waals surface area contributed by atoms with Gasteiger partial charge in [0.2, 0.25) is 5.95 Å². The van der Waals surface area contributed by atoms with Crippen molar-refractivity contribution in [3.05, 3.63) is 77.6 Å². The molecule has 5 heteroatoms. The molecule has 1 unspecified atom stereocenters. The molecular weight excluding hydrogens is 372 g/mol. The minimum absolute atomic E-state index is 0.0242. The van der Waals surface area contributed by atoms with Gasteiger partial charge in [-0.1, -0.05) is 36.4 Å². The van der Waals surface area contributed by atoms with Crippen molar-refractivity contribution in [2.45, 2.75) is 38.1 Å². The molecule has 152 valence electrons. The highest BCUT2D eigenvalue weighted by Gasteiger charge is 2.22. The average molecular weight is 399 g/mol. The second-order valence-electron chi connectivity index (χ2n) is 8.16. The fraction of sp³-hybridized carbons (Fsp3) is 0.320. The van der Waals surface area contributed by atoms with Crippen molar-refractivity contribution in [2.24, 2.45) is 0 Å². The van der Waals surface area contributed by atoms with E-state index in [0.717, 1.165) is 49.4 Å². The number of amides is 1. The van der Waals surface area contributed by atoms with Crippen molar-refractivity contribution in [1.29, 1.82) is 0 Å². The van der Waals surface area contributed by atoms with E-state index in [1.165, 1.54) is 24.0 Å². The molecule has 1 atom stereocenters. The third-order valence-electron chi connectivity index (χ3n) is 6.18. The first-order chi connectivity index (χ1) is 14.8. The monoisotopic (exact) mass is 398 g/mol. The van der Waals surface area contributed by atoms with Crippen LogP contribution in [0.2, 0.25) is 0 Å². The zero-order chi connectivity index (χ0) is 20.3. The zero-order valence-electron chi connectivity index (χ0n) is 17.1. The van der Waals surface area contributed by atoms with Crippen LogP contribution in [0.25, 0.3) is 11.1 Å². The lowest BCUT2D eigenvalue weighted by atomic mass is 9.87. The molecule has 0 radical (unpaired) electrons. The van der Waals surface area contributed by atoms with E-state index < -0.39 is 0 Å². The molecule has 1 aliphatic carbocycles. The van der Waals surface area contributed by atoms with Gasteiger partial charge in [-0.15, -0.1) is 0 Å². The largest absolute Gasteiger partial charge is 0.345 e. The van der Waals surface area contributed by atoms with Gasteiger partial charge in [0.05, 0.1) is 6.04 Å². The Morgan fingerprint density at radius 3 is 2.40 bits per heavy atom. The van der Waals surface area contributed by atoms with Crippen LogP contribution in [-0.2, 0) is 6.42 Å². The number of rotatable bonds is 4. The van der Waals surface area contributed by atoms with Crippen LogP contribution in [0.3, 0.4) is 0 Å². The first-order valence-electron chi connectivity index (χ1n) is 10.8. The average Bonchev–Trinajstić information content (AvgIpc) is 3.35. The number of carbonyl (C=O) groups is 1. The highest BCUT2D eigenvalue weighted by Crippen LogP contribution is 2.30. The molecule has 2 aliphatic rings. The van der Waals surface area contributed by atoms with Gasteiger partial charge in [0.15, 0.2) is 0 Å². The molecule has 0 spiro atoms. The first kappa shape index (κ1) is 18.8. The first-order valence-corrected chi connectivity index (χ1v) is 10.8. The number of benzene rings is 2. The molecule has 1 aromatic heterocycles. The summed E-state index contributed by atoms with van der Waals surface area (Å²) in [7, 11) is 0. The molecule has 0 saturated carbocycles. The maximum atomic E-state index is 12.8. The fourth-order valence-corrected chi connectivity index (χ4v) is 4.51. The van der Waals surface area contributed by atoms with Crippen molar-refractivity contribution in [3.63, 3.8) is 0 Å². The molecular formula is C25H26N4O. The fourth-order valence-electron chi connectivity index (χ4n) is 4.51. The summed E-state index contributed by atoms with van der Waals surface area (Å²) in [5, 5.41) is 3.22. The molecule has 5 rings (SSSR count). The van der Waals surface area contributed by atoms with Gasteiger partial charge in [-0.2, -0.15) is 0 Å². The SMILES string of the molecule is O=C(NC1CCCc2ccccc21)c1ccc(-c2cnc(N3CCCC3)nc2)cc1. The third kappa shape index (κ3) is 3.80. The zero-order valence-corrected chi connectivity index (χ0v) is 17.1. The minimum Gasteiger partial charge on any atom is -0.345 e. The Labute approximate surface area is 177 Å². The standard InChI is InChI=1S/C25H26N4O/c30-24(28-23-9-5-7-19-6-1-2-8-22(19)23)20-12-10-18(11-13-20)21-16-26-25(27-17-21)29-14-3-4-15-29/h1-2,6,8,10-13,16-17,23H,3-5,7,9,14-15H2,(H,28,30). The van der Waals surface area contributed by atoms with Crippen LogP contribution in [0.5, 0.6) is 0 Å². The predicted octanol–water partition coefficient (Wildman–Crippen LogP) is 4.55. The van der Waals surface area contributed by atoms with E-state index in [1.54, 1.807) is 0 Å². The summed E-state index contributed by atoms with van der Waals surface area (Å²) in [6.07, 6.45) is 9.34. The van der Waals surface area contributed by atoms with Gasteiger partial charge in [0.1, 0.15) is 0 Å². The summed E-state index contributed by atoms with van der Waals surface area (Å²) in [5.41, 5.74) is 5.26. The number of fused-ring (bicyclic) bond motifs is 1. The van der Waals surface area contributed by atoms with Crippen molar-refractivity contribution in [2.75, 3.05) is 18.0 Å². The molecule has 1 aliphatic heterocycles. The summed E-state index contributed by atoms with van der Waals surface area (Å²) in [6, 6.07) is 16.2. The molecule has 2 aromatic carbocycles. The third-order valence-corrected chi connectivity index (χ3v) is 6.18. The van der Waals surface area contributed by atoms with Crippen LogP contribution < -0.4 is 10.2 Å². The Hall–Kier alpha value is -3.21. The highest BCUT2D eigenvalue weighted by atomic mass is 16.1. The number of carbonyl (C=O) groups excluding carboxylic acids is 1. The number of nitrogens with zero attached hydrogens (tertiary/aromatic N) is 3. The minimum atomic E-state index is -0.0242. The summed E-state index contributed by atoms with van der Waals surface area (Å²) in [6.45, 7) is 2.07. The molecule has 3 aromatic rings. The van der Waals surface area contributed by atoms with Crippen LogP contribution in [-0.4, -0.2) is 29.0 Å². The topological polar surface area (TPSA) is 58.1 Å². The van der Waals surface area contributed by atoms with Crippen molar-refractivity contribution < 1.29 is 4.79 Å². The van der Waals surface area contributed by atoms with Crippen LogP contribution in [0.15, 0.2) is 60.9 Å². The van der Waals surface area contributed by atoms with E-state index in [2.05, 4.69) is 44.5 Å². The Balaban J connectivity index is 1.27. The maximum absolute atomic E-state index is 12.8. The van der Waals surface area contributed by atoms with Crippen LogP contribution in [0.4, 0.5) is 5.95 Å². The summed E-state index contributed by atoms with van der Waals surface area (Å²) in [4.78, 5) is 24.1. The smallest absolute Gasteiger partial charge is 0.251 e. The van der Waals surface area contributed by atoms with Crippen molar-refractivity contribution in [3.8, 4) is 11.1 Å². The van der Waals surface area contributed by atoms with Gasteiger partial charge in [0, 0.05) is 36.6 Å². The van der Waals surface area contributed by atoms with E-state index in [1.807, 2.05) is 36.7 Å². The molecule has 2 heterocycles. The van der Waals surface area contributed by atoms with Crippen LogP contribution in [0, 0.1) is 0 Å². The lowest BCUT2D eigenvalue weighted by Crippen LogP contribution is -2.30. The number of nitrogens with one attached hydrogen (secondary N) is 1. The van der Waals surface area contributed by atoms with Crippen LogP contribution >= 0.6 is 0 Å². The summed E-state index contributed by atoms with van der Waals surface area (Å²) in [5.74, 6) is 0.781. The highest BCUT2D eigenvalue weighted by molar-refractivity contribution is 5.95. The van der Waals surface area contributed by atoms with Crippen LogP contribution in [0.1, 0.15) is 53.2 Å². The number of anilines is 1. The van der Waals surface area contributed by atoms with Gasteiger partial charge in [-0.05, 0) is 60.9 Å². The van der Waals surface area contributed by atoms with Gasteiger partial charge in [-0.25, -0.2) is 9.97 Å². The van der Waals surface area contributed by atoms with Gasteiger partial charge >= 0.3 is 0 Å². The second kappa shape index (κ2) is 8.27. The van der Waals surface area contributed by atoms with E-state index in [-0.39, 0.29) is 11.9 Å². The van der Waals surface area contributed by atoms with E-state index >= 15 is 0 Å². The van der Waals surface area contributed by atoms with E-state index in [9.17, 15) is 4.79 Å². The molecule has 30 heavy (non-hydrogen) atoms. The maximum Gasteiger partial charge on any atom is 0.251 e. The second-order valence-corrected chi connectivity index (χ2v) is 8.16. The number of aromatic nitrogens is 2.